The number of carboxylic acid groups (broad SMARTS) is 1. The summed E-state index contributed by atoms with van der Waals surface area (Å²) in [5, 5.41) is 6.10. The van der Waals surface area contributed by atoms with Crippen LogP contribution in [0.15, 0.2) is 12.7 Å². The van der Waals surface area contributed by atoms with Gasteiger partial charge in [0.15, 0.2) is 0 Å². The third kappa shape index (κ3) is 2.60. The SMILES string of the molecule is C=CCNS(=O)(=O)C(=O)O. The largest absolute Gasteiger partial charge is 0.469 e. The molecule has 5 nitrogen and oxygen atoms in total. The van der Waals surface area contributed by atoms with Gasteiger partial charge in [-0.3, -0.25) is 0 Å². The monoisotopic (exact) mass is 165 g/mol. The van der Waals surface area contributed by atoms with Gasteiger partial charge >= 0.3 is 15.3 Å². The van der Waals surface area contributed by atoms with Crippen LogP contribution in [0.2, 0.25) is 0 Å². The van der Waals surface area contributed by atoms with Crippen LogP contribution in [0.25, 0.3) is 0 Å². The van der Waals surface area contributed by atoms with Crippen molar-refractivity contribution in [1.82, 2.24) is 4.72 Å². The fourth-order valence-electron chi connectivity index (χ4n) is 0.230. The Morgan fingerprint density at radius 1 is 1.70 bits per heavy atom. The third-order valence-corrected chi connectivity index (χ3v) is 1.65. The second-order valence-electron chi connectivity index (χ2n) is 1.41. The Morgan fingerprint density at radius 2 is 2.20 bits per heavy atom. The first kappa shape index (κ1) is 9.12. The van der Waals surface area contributed by atoms with E-state index in [-0.39, 0.29) is 6.54 Å². The van der Waals surface area contributed by atoms with Gasteiger partial charge in [0, 0.05) is 6.54 Å². The molecule has 0 unspecified atom stereocenters. The standard InChI is InChI=1S/C4H7NO4S/c1-2-3-5-10(8,9)4(6)7/h2,5H,1,3H2,(H,6,7). The molecule has 0 aliphatic rings. The lowest BCUT2D eigenvalue weighted by Gasteiger charge is -1.95. The summed E-state index contributed by atoms with van der Waals surface area (Å²) in [7, 11) is -4.16. The number of hydrogen-bond donors (Lipinski definition) is 2. The first-order chi connectivity index (χ1) is 4.50. The first-order valence-corrected chi connectivity index (χ1v) is 3.82. The maximum atomic E-state index is 10.3. The molecule has 58 valence electrons. The Balaban J connectivity index is 4.16. The molecule has 6 heteroatoms. The average molecular weight is 165 g/mol. The summed E-state index contributed by atoms with van der Waals surface area (Å²) in [5.41, 5.74) is 0. The molecule has 0 aromatic heterocycles. The molecule has 0 spiro atoms. The van der Waals surface area contributed by atoms with Crippen LogP contribution >= 0.6 is 0 Å². The van der Waals surface area contributed by atoms with Crippen molar-refractivity contribution in [3.05, 3.63) is 12.7 Å². The predicted molar refractivity (Wildman–Crippen MR) is 35.1 cm³/mol. The van der Waals surface area contributed by atoms with Gasteiger partial charge in [0.05, 0.1) is 0 Å². The summed E-state index contributed by atoms with van der Waals surface area (Å²) in [6, 6.07) is 0. The number of hydrogen-bond acceptors (Lipinski definition) is 3. The Morgan fingerprint density at radius 3 is 2.50 bits per heavy atom. The Hall–Kier alpha value is -0.880. The van der Waals surface area contributed by atoms with Crippen molar-refractivity contribution in [2.45, 2.75) is 0 Å². The number of carbonyl (C=O) groups is 1. The summed E-state index contributed by atoms with van der Waals surface area (Å²) in [6.07, 6.45) is 1.25. The van der Waals surface area contributed by atoms with E-state index < -0.39 is 15.3 Å². The minimum atomic E-state index is -4.16. The summed E-state index contributed by atoms with van der Waals surface area (Å²) in [6.45, 7) is 3.13. The molecule has 10 heavy (non-hydrogen) atoms. The molecule has 0 bridgehead atoms. The van der Waals surface area contributed by atoms with Gasteiger partial charge in [0.2, 0.25) is 0 Å². The van der Waals surface area contributed by atoms with Gasteiger partial charge in [-0.05, 0) is 0 Å². The van der Waals surface area contributed by atoms with E-state index in [1.165, 1.54) is 6.08 Å². The Kier molecular flexibility index (Phi) is 3.04. The van der Waals surface area contributed by atoms with Crippen LogP contribution in [0.5, 0.6) is 0 Å². The Bertz CT molecular complexity index is 230. The van der Waals surface area contributed by atoms with Crippen molar-refractivity contribution in [1.29, 1.82) is 0 Å². The molecule has 0 rings (SSSR count). The van der Waals surface area contributed by atoms with Gasteiger partial charge in [-0.25, -0.2) is 17.9 Å². The van der Waals surface area contributed by atoms with E-state index in [2.05, 4.69) is 6.58 Å². The van der Waals surface area contributed by atoms with Crippen LogP contribution in [-0.2, 0) is 10.0 Å². The molecule has 0 fully saturated rings. The highest BCUT2D eigenvalue weighted by atomic mass is 32.2. The van der Waals surface area contributed by atoms with Crippen LogP contribution in [-0.4, -0.2) is 25.4 Å². The molecule has 0 heterocycles. The zero-order valence-corrected chi connectivity index (χ0v) is 5.89. The molecule has 0 aliphatic carbocycles. The smallest absolute Gasteiger partial charge is 0.437 e. The normalized spacial score (nSPS) is 10.8. The summed E-state index contributed by atoms with van der Waals surface area (Å²) >= 11 is 0. The molecule has 0 amide bonds. The molecule has 0 saturated carbocycles. The Labute approximate surface area is 58.4 Å². The lowest BCUT2D eigenvalue weighted by Crippen LogP contribution is -2.29. The van der Waals surface area contributed by atoms with Crippen molar-refractivity contribution < 1.29 is 18.3 Å². The number of sulfonamides is 1. The van der Waals surface area contributed by atoms with Crippen molar-refractivity contribution in [2.75, 3.05) is 6.54 Å². The van der Waals surface area contributed by atoms with Crippen LogP contribution in [0, 0.1) is 0 Å². The van der Waals surface area contributed by atoms with Crippen molar-refractivity contribution in [2.24, 2.45) is 0 Å². The minimum Gasteiger partial charge on any atom is -0.469 e. The van der Waals surface area contributed by atoms with Crippen LogP contribution < -0.4 is 4.72 Å². The molecule has 0 aromatic carbocycles. The quantitative estimate of drug-likeness (QED) is 0.566. The van der Waals surface area contributed by atoms with Crippen LogP contribution in [0.4, 0.5) is 4.79 Å². The first-order valence-electron chi connectivity index (χ1n) is 2.34. The lowest BCUT2D eigenvalue weighted by atomic mass is 10.7. The fraction of sp³-hybridized carbons (Fsp3) is 0.250. The maximum Gasteiger partial charge on any atom is 0.437 e. The van der Waals surface area contributed by atoms with E-state index in [0.29, 0.717) is 0 Å². The second kappa shape index (κ2) is 3.33. The lowest BCUT2D eigenvalue weighted by molar-refractivity contribution is 0.219. The minimum absolute atomic E-state index is 0.0748. The van der Waals surface area contributed by atoms with Gasteiger partial charge in [-0.15, -0.1) is 6.58 Å². The van der Waals surface area contributed by atoms with Crippen molar-refractivity contribution in [3.8, 4) is 0 Å². The number of nitrogens with one attached hydrogen (secondary N) is 1. The highest BCUT2D eigenvalue weighted by Gasteiger charge is 2.18. The van der Waals surface area contributed by atoms with Gasteiger partial charge in [0.25, 0.3) is 0 Å². The molecule has 2 N–H and O–H groups in total. The zero-order valence-electron chi connectivity index (χ0n) is 5.07. The highest BCUT2D eigenvalue weighted by Crippen LogP contribution is 1.83. The number of rotatable bonds is 3. The van der Waals surface area contributed by atoms with E-state index in [9.17, 15) is 13.2 Å². The van der Waals surface area contributed by atoms with Crippen molar-refractivity contribution >= 4 is 15.3 Å². The summed E-state index contributed by atoms with van der Waals surface area (Å²) in [5.74, 6) is 0. The van der Waals surface area contributed by atoms with E-state index >= 15 is 0 Å². The molecule has 0 radical (unpaired) electrons. The highest BCUT2D eigenvalue weighted by molar-refractivity contribution is 8.03. The molecule has 0 atom stereocenters. The molecule has 0 aliphatic heterocycles. The van der Waals surface area contributed by atoms with E-state index in [4.69, 9.17) is 5.11 Å². The summed E-state index contributed by atoms with van der Waals surface area (Å²) in [4.78, 5) is 9.84. The summed E-state index contributed by atoms with van der Waals surface area (Å²) < 4.78 is 22.4. The molecular formula is C4H7NO4S. The molecule has 0 aromatic rings. The van der Waals surface area contributed by atoms with Crippen molar-refractivity contribution in [3.63, 3.8) is 0 Å². The molecule has 0 saturated heterocycles. The van der Waals surface area contributed by atoms with Gasteiger partial charge < -0.3 is 5.11 Å². The average Bonchev–Trinajstić information content (AvgIpc) is 1.84. The third-order valence-electron chi connectivity index (χ3n) is 0.648. The van der Waals surface area contributed by atoms with Gasteiger partial charge in [0.1, 0.15) is 0 Å². The predicted octanol–water partition coefficient (Wildman–Crippen LogP) is -0.230. The maximum absolute atomic E-state index is 10.3. The van der Waals surface area contributed by atoms with Gasteiger partial charge in [-0.1, -0.05) is 6.08 Å². The van der Waals surface area contributed by atoms with E-state index in [1.807, 2.05) is 0 Å². The fourth-order valence-corrected chi connectivity index (χ4v) is 0.691. The van der Waals surface area contributed by atoms with Crippen LogP contribution in [0.1, 0.15) is 0 Å². The van der Waals surface area contributed by atoms with E-state index in [1.54, 1.807) is 4.72 Å². The molecular weight excluding hydrogens is 158 g/mol. The second-order valence-corrected chi connectivity index (χ2v) is 3.05. The van der Waals surface area contributed by atoms with Gasteiger partial charge in [-0.2, -0.15) is 0 Å². The zero-order chi connectivity index (χ0) is 8.20. The topological polar surface area (TPSA) is 83.5 Å². The van der Waals surface area contributed by atoms with Crippen LogP contribution in [0.3, 0.4) is 0 Å². The van der Waals surface area contributed by atoms with E-state index in [0.717, 1.165) is 0 Å².